The molecule has 0 bridgehead atoms. The molecule has 1 N–H and O–H groups in total. The van der Waals surface area contributed by atoms with Gasteiger partial charge in [0.15, 0.2) is 18.0 Å². The molecule has 0 radical (unpaired) electrons. The van der Waals surface area contributed by atoms with Crippen molar-refractivity contribution in [2.45, 2.75) is 288 Å². The smallest absolute Gasteiger partial charge is 0.306 e. The van der Waals surface area contributed by atoms with Crippen LogP contribution in [0.3, 0.4) is 0 Å². The van der Waals surface area contributed by atoms with Gasteiger partial charge in [0.2, 0.25) is 0 Å². The zero-order valence-electron chi connectivity index (χ0n) is 48.6. The molecule has 3 unspecified atom stereocenters. The van der Waals surface area contributed by atoms with E-state index in [1.165, 1.54) is 89.9 Å². The highest BCUT2D eigenvalue weighted by atomic mass is 16.6. The first-order valence-corrected chi connectivity index (χ1v) is 31.3. The third kappa shape index (κ3) is 33.1. The van der Waals surface area contributed by atoms with Crippen LogP contribution in [0.2, 0.25) is 0 Å². The minimum atomic E-state index is -1.40. The van der Waals surface area contributed by atoms with E-state index in [1.807, 2.05) is 19.0 Å². The standard InChI is InChI=1S/C62H107NO14/c1-62(70,43-42-52-29-16-7-17-30-52)74-48-55(47-73-58(66)41-38-51-27-14-6-15-28-51)77-60(68)34-21-9-19-32-53(75-61(69)35-22-44-63(2)3)31-18-8-20-33-59(67)76-54(45-71-56(64)39-36-49-23-10-4-11-24-49)46-72-57(65)40-37-50-25-12-5-13-26-50/h49-55,70H,4-48H2,1-3H3. The molecule has 0 saturated heterocycles. The van der Waals surface area contributed by atoms with Crippen molar-refractivity contribution in [3.05, 3.63) is 0 Å². The molecule has 0 aliphatic heterocycles. The largest absolute Gasteiger partial charge is 0.462 e. The minimum absolute atomic E-state index is 0.0859. The van der Waals surface area contributed by atoms with Crippen LogP contribution in [0.15, 0.2) is 0 Å². The van der Waals surface area contributed by atoms with E-state index in [0.717, 1.165) is 83.6 Å². The molecule has 4 aliphatic rings. The quantitative estimate of drug-likeness (QED) is 0.0264. The van der Waals surface area contributed by atoms with Gasteiger partial charge in [0.1, 0.15) is 25.9 Å². The van der Waals surface area contributed by atoms with Crippen molar-refractivity contribution in [1.82, 2.24) is 4.90 Å². The molecule has 0 aromatic heterocycles. The van der Waals surface area contributed by atoms with Crippen LogP contribution in [0.5, 0.6) is 0 Å². The maximum Gasteiger partial charge on any atom is 0.306 e. The Morgan fingerprint density at radius 1 is 0.416 bits per heavy atom. The summed E-state index contributed by atoms with van der Waals surface area (Å²) in [4.78, 5) is 79.6. The first-order valence-electron chi connectivity index (χ1n) is 31.3. The van der Waals surface area contributed by atoms with Crippen LogP contribution in [0.25, 0.3) is 0 Å². The first kappa shape index (κ1) is 66.2. The highest BCUT2D eigenvalue weighted by Crippen LogP contribution is 2.32. The zero-order chi connectivity index (χ0) is 55.4. The maximum absolute atomic E-state index is 13.2. The van der Waals surface area contributed by atoms with Gasteiger partial charge in [-0.1, -0.05) is 141 Å². The van der Waals surface area contributed by atoms with E-state index in [-0.39, 0.29) is 69.3 Å². The third-order valence-corrected chi connectivity index (χ3v) is 16.8. The summed E-state index contributed by atoms with van der Waals surface area (Å²) in [5, 5.41) is 11.1. The molecule has 15 nitrogen and oxygen atoms in total. The molecule has 0 spiro atoms. The third-order valence-electron chi connectivity index (χ3n) is 16.8. The predicted molar refractivity (Wildman–Crippen MR) is 296 cm³/mol. The summed E-state index contributed by atoms with van der Waals surface area (Å²) in [5.74, 6) is -1.29. The van der Waals surface area contributed by atoms with E-state index < -0.39 is 29.9 Å². The lowest BCUT2D eigenvalue weighted by Crippen LogP contribution is -2.37. The number of rotatable bonds is 40. The van der Waals surface area contributed by atoms with Gasteiger partial charge in [-0.25, -0.2) is 0 Å². The summed E-state index contributed by atoms with van der Waals surface area (Å²) in [6.45, 7) is 1.88. The van der Waals surface area contributed by atoms with Crippen molar-refractivity contribution in [2.24, 2.45) is 23.7 Å². The highest BCUT2D eigenvalue weighted by molar-refractivity contribution is 5.72. The van der Waals surface area contributed by atoms with E-state index in [9.17, 15) is 33.9 Å². The van der Waals surface area contributed by atoms with E-state index in [4.69, 9.17) is 33.2 Å². The Morgan fingerprint density at radius 2 is 0.753 bits per heavy atom. The second kappa shape index (κ2) is 40.0. The van der Waals surface area contributed by atoms with Crippen molar-refractivity contribution in [3.8, 4) is 0 Å². The lowest BCUT2D eigenvalue weighted by atomic mass is 9.85. The number of unbranched alkanes of at least 4 members (excludes halogenated alkanes) is 4. The fourth-order valence-corrected chi connectivity index (χ4v) is 11.9. The Hall–Kier alpha value is -3.30. The molecule has 0 aromatic carbocycles. The molecule has 3 atom stereocenters. The van der Waals surface area contributed by atoms with Gasteiger partial charge < -0.3 is 43.2 Å². The fourth-order valence-electron chi connectivity index (χ4n) is 11.9. The Morgan fingerprint density at radius 3 is 1.13 bits per heavy atom. The van der Waals surface area contributed by atoms with Crippen molar-refractivity contribution < 1.29 is 67.0 Å². The van der Waals surface area contributed by atoms with Crippen LogP contribution >= 0.6 is 0 Å². The van der Waals surface area contributed by atoms with E-state index in [0.29, 0.717) is 101 Å². The Bertz CT molecular complexity index is 1590. The van der Waals surface area contributed by atoms with Gasteiger partial charge in [-0.2, -0.15) is 0 Å². The molecule has 15 heteroatoms. The van der Waals surface area contributed by atoms with Gasteiger partial charge in [-0.15, -0.1) is 0 Å². The van der Waals surface area contributed by atoms with Crippen LogP contribution in [0, 0.1) is 23.7 Å². The number of ether oxygens (including phenoxy) is 7. The summed E-state index contributed by atoms with van der Waals surface area (Å²) in [6.07, 6.45) is 33.0. The second-order valence-corrected chi connectivity index (χ2v) is 24.1. The average Bonchev–Trinajstić information content (AvgIpc) is 3.42. The zero-order valence-corrected chi connectivity index (χ0v) is 48.6. The monoisotopic (exact) mass is 1090 g/mol. The van der Waals surface area contributed by atoms with Gasteiger partial charge in [0.05, 0.1) is 6.61 Å². The Kier molecular flexibility index (Phi) is 34.4. The van der Waals surface area contributed by atoms with Gasteiger partial charge in [-0.05, 0) is 122 Å². The van der Waals surface area contributed by atoms with Crippen molar-refractivity contribution in [1.29, 1.82) is 0 Å². The van der Waals surface area contributed by atoms with E-state index in [2.05, 4.69) is 0 Å². The number of carbonyl (C=O) groups excluding carboxylic acids is 6. The van der Waals surface area contributed by atoms with Crippen LogP contribution in [0.4, 0.5) is 0 Å². The van der Waals surface area contributed by atoms with Crippen LogP contribution in [0.1, 0.15) is 264 Å². The highest BCUT2D eigenvalue weighted by Gasteiger charge is 2.28. The number of esters is 6. The molecule has 444 valence electrons. The number of carbonyl (C=O) groups is 6. The Balaban J connectivity index is 1.20. The number of hydrogen-bond acceptors (Lipinski definition) is 15. The number of aliphatic hydroxyl groups is 1. The molecule has 77 heavy (non-hydrogen) atoms. The summed E-state index contributed by atoms with van der Waals surface area (Å²) in [6, 6.07) is 0. The van der Waals surface area contributed by atoms with Gasteiger partial charge in [0, 0.05) is 44.9 Å². The van der Waals surface area contributed by atoms with Crippen molar-refractivity contribution in [3.63, 3.8) is 0 Å². The molecule has 0 heterocycles. The Labute approximate surface area is 464 Å². The SMILES string of the molecule is CN(C)CCCC(=O)OC(CCCCCC(=O)OC(COC(=O)CCC1CCCCC1)COC(=O)CCC1CCCCC1)CCCCCC(=O)OC(COC(=O)CCC1CCCCC1)COC(C)(O)CCC1CCCCC1. The summed E-state index contributed by atoms with van der Waals surface area (Å²) in [7, 11) is 3.93. The van der Waals surface area contributed by atoms with Crippen LogP contribution < -0.4 is 0 Å². The fraction of sp³-hybridized carbons (Fsp3) is 0.903. The second-order valence-electron chi connectivity index (χ2n) is 24.1. The summed E-state index contributed by atoms with van der Waals surface area (Å²) in [5.41, 5.74) is 0. The molecule has 4 rings (SSSR count). The van der Waals surface area contributed by atoms with Crippen molar-refractivity contribution in [2.75, 3.05) is 47.1 Å². The average molecular weight is 1090 g/mol. The molecule has 0 aromatic rings. The van der Waals surface area contributed by atoms with Gasteiger partial charge in [-0.3, -0.25) is 28.8 Å². The normalized spacial score (nSPS) is 18.8. The van der Waals surface area contributed by atoms with Crippen LogP contribution in [-0.4, -0.2) is 117 Å². The first-order chi connectivity index (χ1) is 37.2. The predicted octanol–water partition coefficient (Wildman–Crippen LogP) is 12.8. The summed E-state index contributed by atoms with van der Waals surface area (Å²) >= 11 is 0. The molecular weight excluding hydrogens is 983 g/mol. The lowest BCUT2D eigenvalue weighted by Gasteiger charge is -2.29. The molecule has 4 aliphatic carbocycles. The number of nitrogens with zero attached hydrogens (tertiary/aromatic N) is 1. The van der Waals surface area contributed by atoms with E-state index >= 15 is 0 Å². The number of hydrogen-bond donors (Lipinski definition) is 1. The van der Waals surface area contributed by atoms with Crippen LogP contribution in [-0.2, 0) is 61.9 Å². The van der Waals surface area contributed by atoms with Crippen molar-refractivity contribution >= 4 is 35.8 Å². The molecular formula is C62H107NO14. The molecule has 4 fully saturated rings. The van der Waals surface area contributed by atoms with E-state index in [1.54, 1.807) is 6.92 Å². The molecule has 0 amide bonds. The van der Waals surface area contributed by atoms with Gasteiger partial charge >= 0.3 is 35.8 Å². The lowest BCUT2D eigenvalue weighted by molar-refractivity contribution is -0.217. The molecule has 4 saturated carbocycles. The minimum Gasteiger partial charge on any atom is -0.462 e. The van der Waals surface area contributed by atoms with Gasteiger partial charge in [0.25, 0.3) is 0 Å². The maximum atomic E-state index is 13.2. The topological polar surface area (TPSA) is 190 Å². The summed E-state index contributed by atoms with van der Waals surface area (Å²) < 4.78 is 40.3.